The predicted molar refractivity (Wildman–Crippen MR) is 77.9 cm³/mol. The molecule has 1 N–H and O–H groups in total. The highest BCUT2D eigenvalue weighted by Crippen LogP contribution is 2.11. The maximum absolute atomic E-state index is 11.5. The van der Waals surface area contributed by atoms with E-state index in [1.54, 1.807) is 11.3 Å². The number of unbranched alkanes of at least 4 members (excludes halogenated alkanes) is 2. The van der Waals surface area contributed by atoms with Gasteiger partial charge in [-0.2, -0.15) is 0 Å². The average Bonchev–Trinajstić information content (AvgIpc) is 2.82. The maximum atomic E-state index is 11.5. The number of carbonyl (C=O) groups is 1. The lowest BCUT2D eigenvalue weighted by Gasteiger charge is -2.04. The van der Waals surface area contributed by atoms with E-state index in [4.69, 9.17) is 0 Å². The van der Waals surface area contributed by atoms with Crippen LogP contribution in [0.3, 0.4) is 0 Å². The summed E-state index contributed by atoms with van der Waals surface area (Å²) in [6.45, 7) is 0.824. The summed E-state index contributed by atoms with van der Waals surface area (Å²) >= 11 is 5.16. The summed E-state index contributed by atoms with van der Waals surface area (Å²) in [4.78, 5) is 12.9. The lowest BCUT2D eigenvalue weighted by Crippen LogP contribution is -2.24. The number of rotatable bonds is 9. The van der Waals surface area contributed by atoms with Gasteiger partial charge in [0, 0.05) is 23.2 Å². The molecule has 4 heteroatoms. The highest BCUT2D eigenvalue weighted by molar-refractivity contribution is 9.09. The van der Waals surface area contributed by atoms with Gasteiger partial charge in [0.2, 0.25) is 5.91 Å². The van der Waals surface area contributed by atoms with E-state index in [-0.39, 0.29) is 5.91 Å². The molecule has 1 aromatic heterocycles. The molecule has 0 bridgehead atoms. The van der Waals surface area contributed by atoms with E-state index in [1.807, 2.05) is 0 Å². The standard InChI is InChI=1S/C13H20BrNOS/c14-9-2-1-3-10-15-13(16)8-4-6-12-7-5-11-17-12/h5,7,11H,1-4,6,8-10H2,(H,15,16). The molecule has 0 aliphatic rings. The van der Waals surface area contributed by atoms with Crippen LogP contribution >= 0.6 is 27.3 Å². The highest BCUT2D eigenvalue weighted by atomic mass is 79.9. The molecule has 17 heavy (non-hydrogen) atoms. The number of amides is 1. The molecular formula is C13H20BrNOS. The SMILES string of the molecule is O=C(CCCc1cccs1)NCCCCCBr. The molecular weight excluding hydrogens is 298 g/mol. The van der Waals surface area contributed by atoms with Crippen molar-refractivity contribution in [3.05, 3.63) is 22.4 Å². The largest absolute Gasteiger partial charge is 0.356 e. The minimum Gasteiger partial charge on any atom is -0.356 e. The molecule has 96 valence electrons. The first-order chi connectivity index (χ1) is 8.33. The first-order valence-electron chi connectivity index (χ1n) is 6.18. The fourth-order valence-electron chi connectivity index (χ4n) is 1.59. The molecule has 0 aliphatic heterocycles. The summed E-state index contributed by atoms with van der Waals surface area (Å²) in [5.41, 5.74) is 0. The van der Waals surface area contributed by atoms with Crippen LogP contribution in [0.5, 0.6) is 0 Å². The molecule has 1 aromatic rings. The van der Waals surface area contributed by atoms with E-state index in [2.05, 4.69) is 38.8 Å². The van der Waals surface area contributed by atoms with Gasteiger partial charge in [0.25, 0.3) is 0 Å². The molecule has 0 fully saturated rings. The zero-order valence-corrected chi connectivity index (χ0v) is 12.5. The Morgan fingerprint density at radius 3 is 2.88 bits per heavy atom. The zero-order chi connectivity index (χ0) is 12.3. The van der Waals surface area contributed by atoms with Crippen molar-refractivity contribution in [3.8, 4) is 0 Å². The molecule has 0 aromatic carbocycles. The molecule has 0 aliphatic carbocycles. The van der Waals surface area contributed by atoms with Crippen LogP contribution in [0.4, 0.5) is 0 Å². The second-order valence-corrected chi connectivity index (χ2v) is 5.86. The monoisotopic (exact) mass is 317 g/mol. The van der Waals surface area contributed by atoms with Crippen molar-refractivity contribution < 1.29 is 4.79 Å². The van der Waals surface area contributed by atoms with Crippen molar-refractivity contribution in [3.63, 3.8) is 0 Å². The second-order valence-electron chi connectivity index (χ2n) is 4.03. The number of halogens is 1. The number of hydrogen-bond acceptors (Lipinski definition) is 2. The third kappa shape index (κ3) is 7.55. The first-order valence-corrected chi connectivity index (χ1v) is 8.18. The van der Waals surface area contributed by atoms with Gasteiger partial charge < -0.3 is 5.32 Å². The molecule has 0 spiro atoms. The summed E-state index contributed by atoms with van der Waals surface area (Å²) in [5.74, 6) is 0.195. The highest BCUT2D eigenvalue weighted by Gasteiger charge is 2.01. The van der Waals surface area contributed by atoms with Crippen LogP contribution in [0.1, 0.15) is 37.0 Å². The van der Waals surface area contributed by atoms with Crippen LogP contribution in [0.25, 0.3) is 0 Å². The van der Waals surface area contributed by atoms with Gasteiger partial charge in [-0.25, -0.2) is 0 Å². The van der Waals surface area contributed by atoms with Crippen molar-refractivity contribution in [2.24, 2.45) is 0 Å². The maximum Gasteiger partial charge on any atom is 0.220 e. The van der Waals surface area contributed by atoms with Gasteiger partial charge in [-0.3, -0.25) is 4.79 Å². The quantitative estimate of drug-likeness (QED) is 0.545. The second kappa shape index (κ2) is 9.66. The van der Waals surface area contributed by atoms with E-state index in [0.29, 0.717) is 6.42 Å². The van der Waals surface area contributed by atoms with Crippen LogP contribution in [-0.2, 0) is 11.2 Å². The van der Waals surface area contributed by atoms with Crippen LogP contribution in [0.15, 0.2) is 17.5 Å². The Labute approximate surface area is 116 Å². The minimum atomic E-state index is 0.195. The number of alkyl halides is 1. The van der Waals surface area contributed by atoms with Gasteiger partial charge in [0.1, 0.15) is 0 Å². The Hall–Kier alpha value is -0.350. The predicted octanol–water partition coefficient (Wildman–Crippen LogP) is 3.75. The topological polar surface area (TPSA) is 29.1 Å². The molecule has 1 rings (SSSR count). The van der Waals surface area contributed by atoms with Gasteiger partial charge >= 0.3 is 0 Å². The van der Waals surface area contributed by atoms with Crippen molar-refractivity contribution in [1.82, 2.24) is 5.32 Å². The average molecular weight is 318 g/mol. The first kappa shape index (κ1) is 14.7. The Morgan fingerprint density at radius 1 is 1.29 bits per heavy atom. The third-order valence-corrected chi connectivity index (χ3v) is 4.04. The van der Waals surface area contributed by atoms with Crippen molar-refractivity contribution in [2.45, 2.75) is 38.5 Å². The fraction of sp³-hybridized carbons (Fsp3) is 0.615. The number of aryl methyl sites for hydroxylation is 1. The van der Waals surface area contributed by atoms with E-state index in [9.17, 15) is 4.79 Å². The molecule has 0 radical (unpaired) electrons. The molecule has 0 atom stereocenters. The van der Waals surface area contributed by atoms with Crippen LogP contribution < -0.4 is 5.32 Å². The molecule has 0 unspecified atom stereocenters. The molecule has 0 saturated carbocycles. The van der Waals surface area contributed by atoms with Gasteiger partial charge in [-0.05, 0) is 37.1 Å². The lowest BCUT2D eigenvalue weighted by atomic mass is 10.2. The van der Waals surface area contributed by atoms with E-state index in [0.717, 1.165) is 31.1 Å². The van der Waals surface area contributed by atoms with Crippen molar-refractivity contribution in [1.29, 1.82) is 0 Å². The fourth-order valence-corrected chi connectivity index (χ4v) is 2.74. The molecule has 0 saturated heterocycles. The van der Waals surface area contributed by atoms with Crippen LogP contribution in [-0.4, -0.2) is 17.8 Å². The molecule has 1 amide bonds. The summed E-state index contributed by atoms with van der Waals surface area (Å²) in [7, 11) is 0. The Morgan fingerprint density at radius 2 is 2.18 bits per heavy atom. The summed E-state index contributed by atoms with van der Waals surface area (Å²) < 4.78 is 0. The van der Waals surface area contributed by atoms with Crippen LogP contribution in [0, 0.1) is 0 Å². The molecule has 1 heterocycles. The minimum absolute atomic E-state index is 0.195. The number of carbonyl (C=O) groups excluding carboxylic acids is 1. The van der Waals surface area contributed by atoms with E-state index < -0.39 is 0 Å². The lowest BCUT2D eigenvalue weighted by molar-refractivity contribution is -0.121. The van der Waals surface area contributed by atoms with Gasteiger partial charge in [0.15, 0.2) is 0 Å². The zero-order valence-electron chi connectivity index (χ0n) is 10.1. The van der Waals surface area contributed by atoms with Gasteiger partial charge in [-0.15, -0.1) is 11.3 Å². The Balaban J connectivity index is 1.94. The van der Waals surface area contributed by atoms with E-state index >= 15 is 0 Å². The smallest absolute Gasteiger partial charge is 0.220 e. The molecule has 2 nitrogen and oxygen atoms in total. The number of nitrogens with one attached hydrogen (secondary N) is 1. The number of thiophene rings is 1. The third-order valence-electron chi connectivity index (χ3n) is 2.54. The summed E-state index contributed by atoms with van der Waals surface area (Å²) in [6.07, 6.45) is 6.08. The van der Waals surface area contributed by atoms with E-state index in [1.165, 1.54) is 17.7 Å². The van der Waals surface area contributed by atoms with Gasteiger partial charge in [-0.1, -0.05) is 28.4 Å². The normalized spacial score (nSPS) is 10.4. The van der Waals surface area contributed by atoms with Crippen LogP contribution in [0.2, 0.25) is 0 Å². The van der Waals surface area contributed by atoms with Gasteiger partial charge in [0.05, 0.1) is 0 Å². The van der Waals surface area contributed by atoms with Crippen molar-refractivity contribution in [2.75, 3.05) is 11.9 Å². The number of hydrogen-bond donors (Lipinski definition) is 1. The Kier molecular flexibility index (Phi) is 8.36. The summed E-state index contributed by atoms with van der Waals surface area (Å²) in [6, 6.07) is 4.19. The Bertz CT molecular complexity index is 300. The van der Waals surface area contributed by atoms with Crippen molar-refractivity contribution >= 4 is 33.2 Å². The summed E-state index contributed by atoms with van der Waals surface area (Å²) in [5, 5.41) is 6.11.